The smallest absolute Gasteiger partial charge is 0.262 e. The van der Waals surface area contributed by atoms with Crippen molar-refractivity contribution >= 4 is 27.9 Å². The van der Waals surface area contributed by atoms with Gasteiger partial charge < -0.3 is 14.8 Å². The first-order valence-corrected chi connectivity index (χ1v) is 11.3. The van der Waals surface area contributed by atoms with Crippen LogP contribution in [-0.2, 0) is 11.4 Å². The molecule has 1 N–H and O–H groups in total. The summed E-state index contributed by atoms with van der Waals surface area (Å²) in [6, 6.07) is 15.6. The van der Waals surface area contributed by atoms with E-state index in [-0.39, 0.29) is 17.5 Å². The zero-order valence-electron chi connectivity index (χ0n) is 17.9. The second-order valence-electron chi connectivity index (χ2n) is 7.81. The molecule has 1 saturated carbocycles. The van der Waals surface area contributed by atoms with Crippen LogP contribution >= 0.6 is 15.9 Å². The van der Waals surface area contributed by atoms with E-state index in [2.05, 4.69) is 28.2 Å². The van der Waals surface area contributed by atoms with E-state index in [9.17, 15) is 10.1 Å². The zero-order valence-corrected chi connectivity index (χ0v) is 19.4. The van der Waals surface area contributed by atoms with E-state index in [0.717, 1.165) is 24.8 Å². The van der Waals surface area contributed by atoms with Crippen molar-refractivity contribution in [3.63, 3.8) is 0 Å². The monoisotopic (exact) mass is 482 g/mol. The van der Waals surface area contributed by atoms with Crippen molar-refractivity contribution in [2.24, 2.45) is 5.92 Å². The van der Waals surface area contributed by atoms with Gasteiger partial charge >= 0.3 is 0 Å². The van der Waals surface area contributed by atoms with Crippen LogP contribution in [0, 0.1) is 17.2 Å². The minimum Gasteiger partial charge on any atom is -0.493 e. The predicted octanol–water partition coefficient (Wildman–Crippen LogP) is 5.64. The lowest BCUT2D eigenvalue weighted by Crippen LogP contribution is -2.41. The van der Waals surface area contributed by atoms with Crippen molar-refractivity contribution in [3.05, 3.63) is 63.6 Å². The summed E-state index contributed by atoms with van der Waals surface area (Å²) in [6.07, 6.45) is 5.94. The lowest BCUT2D eigenvalue weighted by molar-refractivity contribution is -0.118. The van der Waals surface area contributed by atoms with Gasteiger partial charge in [0, 0.05) is 10.5 Å². The molecule has 2 aromatic rings. The van der Waals surface area contributed by atoms with E-state index in [1.807, 2.05) is 36.4 Å². The van der Waals surface area contributed by atoms with Crippen molar-refractivity contribution in [1.29, 1.82) is 5.26 Å². The number of nitrogens with one attached hydrogen (secondary N) is 1. The standard InChI is InChI=1S/C25H27BrN2O3/c1-17-8-6-7-11-22(17)28-25(29)20(15-27)12-19-13-23(30-2)24(14-21(19)26)31-16-18-9-4-3-5-10-18/h3-5,9-10,12-14,17,22H,6-8,11,16H2,1-2H3,(H,28,29)/b20-12+/t17-,22-/m0/s1. The maximum absolute atomic E-state index is 12.7. The van der Waals surface area contributed by atoms with E-state index in [1.165, 1.54) is 6.42 Å². The molecule has 0 unspecified atom stereocenters. The highest BCUT2D eigenvalue weighted by atomic mass is 79.9. The van der Waals surface area contributed by atoms with Gasteiger partial charge in [0.25, 0.3) is 5.91 Å². The first-order chi connectivity index (χ1) is 15.0. The minimum atomic E-state index is -0.337. The predicted molar refractivity (Wildman–Crippen MR) is 125 cm³/mol. The summed E-state index contributed by atoms with van der Waals surface area (Å²) in [5, 5.41) is 12.6. The van der Waals surface area contributed by atoms with Crippen LogP contribution < -0.4 is 14.8 Å². The molecule has 0 heterocycles. The van der Waals surface area contributed by atoms with Crippen LogP contribution in [0.15, 0.2) is 52.5 Å². The lowest BCUT2D eigenvalue weighted by atomic mass is 9.86. The Morgan fingerprint density at radius 2 is 1.97 bits per heavy atom. The Morgan fingerprint density at radius 3 is 2.65 bits per heavy atom. The summed E-state index contributed by atoms with van der Waals surface area (Å²) in [4.78, 5) is 12.7. The molecular weight excluding hydrogens is 456 g/mol. The maximum Gasteiger partial charge on any atom is 0.262 e. The molecule has 3 rings (SSSR count). The number of nitrogens with zero attached hydrogens (tertiary/aromatic N) is 1. The normalized spacial score (nSPS) is 18.7. The van der Waals surface area contributed by atoms with E-state index >= 15 is 0 Å². The number of carbonyl (C=O) groups is 1. The van der Waals surface area contributed by atoms with Gasteiger partial charge in [0.05, 0.1) is 7.11 Å². The molecule has 1 aliphatic rings. The molecule has 162 valence electrons. The Hall–Kier alpha value is -2.78. The summed E-state index contributed by atoms with van der Waals surface area (Å²) >= 11 is 3.53. The van der Waals surface area contributed by atoms with Crippen LogP contribution in [0.5, 0.6) is 11.5 Å². The number of ether oxygens (including phenoxy) is 2. The third kappa shape index (κ3) is 6.11. The molecule has 0 aromatic heterocycles. The summed E-state index contributed by atoms with van der Waals surface area (Å²) in [6.45, 7) is 2.56. The number of amides is 1. The van der Waals surface area contributed by atoms with Crippen LogP contribution in [0.25, 0.3) is 6.08 Å². The first kappa shape index (κ1) is 22.9. The van der Waals surface area contributed by atoms with Gasteiger partial charge in [-0.3, -0.25) is 4.79 Å². The summed E-state index contributed by atoms with van der Waals surface area (Å²) < 4.78 is 12.1. The molecule has 0 aliphatic heterocycles. The third-order valence-electron chi connectivity index (χ3n) is 5.61. The number of hydrogen-bond donors (Lipinski definition) is 1. The van der Waals surface area contributed by atoms with Gasteiger partial charge in [-0.1, -0.05) is 66.0 Å². The van der Waals surface area contributed by atoms with E-state index in [1.54, 1.807) is 25.3 Å². The Kier molecular flexibility index (Phi) is 8.13. The number of benzene rings is 2. The maximum atomic E-state index is 12.7. The molecule has 0 spiro atoms. The highest BCUT2D eigenvalue weighted by molar-refractivity contribution is 9.10. The SMILES string of the molecule is COc1cc(/C=C(\C#N)C(=O)N[C@H]2CCCC[C@@H]2C)c(Br)cc1OCc1ccccc1. The van der Waals surface area contributed by atoms with Crippen molar-refractivity contribution in [1.82, 2.24) is 5.32 Å². The fourth-order valence-corrected chi connectivity index (χ4v) is 4.19. The number of rotatable bonds is 7. The van der Waals surface area contributed by atoms with Gasteiger partial charge in [-0.25, -0.2) is 0 Å². The highest BCUT2D eigenvalue weighted by Gasteiger charge is 2.24. The van der Waals surface area contributed by atoms with Crippen LogP contribution in [0.4, 0.5) is 0 Å². The van der Waals surface area contributed by atoms with Gasteiger partial charge in [-0.05, 0) is 48.1 Å². The summed E-state index contributed by atoms with van der Waals surface area (Å²) in [7, 11) is 1.56. The molecule has 0 bridgehead atoms. The van der Waals surface area contributed by atoms with Crippen molar-refractivity contribution in [2.75, 3.05) is 7.11 Å². The van der Waals surface area contributed by atoms with Crippen LogP contribution in [0.2, 0.25) is 0 Å². The Bertz CT molecular complexity index is 982. The molecule has 31 heavy (non-hydrogen) atoms. The van der Waals surface area contributed by atoms with Crippen LogP contribution in [0.3, 0.4) is 0 Å². The van der Waals surface area contributed by atoms with Gasteiger partial charge in [-0.15, -0.1) is 0 Å². The molecule has 2 atom stereocenters. The van der Waals surface area contributed by atoms with Gasteiger partial charge in [0.15, 0.2) is 11.5 Å². The quantitative estimate of drug-likeness (QED) is 0.409. The van der Waals surface area contributed by atoms with Crippen LogP contribution in [0.1, 0.15) is 43.7 Å². The third-order valence-corrected chi connectivity index (χ3v) is 6.30. The number of hydrogen-bond acceptors (Lipinski definition) is 4. The zero-order chi connectivity index (χ0) is 22.2. The van der Waals surface area contributed by atoms with E-state index in [4.69, 9.17) is 9.47 Å². The lowest BCUT2D eigenvalue weighted by Gasteiger charge is -2.29. The molecular formula is C25H27BrN2O3. The molecule has 1 amide bonds. The van der Waals surface area contributed by atoms with E-state index in [0.29, 0.717) is 34.1 Å². The second-order valence-corrected chi connectivity index (χ2v) is 8.66. The number of methoxy groups -OCH3 is 1. The topological polar surface area (TPSA) is 71.3 Å². The number of nitriles is 1. The minimum absolute atomic E-state index is 0.0680. The molecule has 1 fully saturated rings. The number of carbonyl (C=O) groups excluding carboxylic acids is 1. The van der Waals surface area contributed by atoms with Gasteiger partial charge in [0.2, 0.25) is 0 Å². The van der Waals surface area contributed by atoms with Crippen molar-refractivity contribution in [2.45, 2.75) is 45.3 Å². The molecule has 6 heteroatoms. The average molecular weight is 483 g/mol. The summed E-state index contributed by atoms with van der Waals surface area (Å²) in [5.41, 5.74) is 1.79. The van der Waals surface area contributed by atoms with Gasteiger partial charge in [-0.2, -0.15) is 5.26 Å². The van der Waals surface area contributed by atoms with Crippen LogP contribution in [-0.4, -0.2) is 19.1 Å². The molecule has 5 nitrogen and oxygen atoms in total. The Labute approximate surface area is 192 Å². The first-order valence-electron chi connectivity index (χ1n) is 10.5. The average Bonchev–Trinajstić information content (AvgIpc) is 2.79. The fourth-order valence-electron chi connectivity index (χ4n) is 3.75. The van der Waals surface area contributed by atoms with Gasteiger partial charge in [0.1, 0.15) is 18.2 Å². The van der Waals surface area contributed by atoms with Crippen molar-refractivity contribution < 1.29 is 14.3 Å². The fraction of sp³-hybridized carbons (Fsp3) is 0.360. The van der Waals surface area contributed by atoms with Crippen molar-refractivity contribution in [3.8, 4) is 17.6 Å². The Balaban J connectivity index is 1.77. The number of halogens is 1. The molecule has 0 saturated heterocycles. The molecule has 0 radical (unpaired) electrons. The highest BCUT2D eigenvalue weighted by Crippen LogP contribution is 2.35. The molecule has 2 aromatic carbocycles. The molecule has 1 aliphatic carbocycles. The second kappa shape index (κ2) is 11.0. The Morgan fingerprint density at radius 1 is 1.23 bits per heavy atom. The van der Waals surface area contributed by atoms with E-state index < -0.39 is 0 Å². The summed E-state index contributed by atoms with van der Waals surface area (Å²) in [5.74, 6) is 1.19. The largest absolute Gasteiger partial charge is 0.493 e.